The average Bonchev–Trinajstić information content (AvgIpc) is 3.34. The molecule has 204 valence electrons. The molecule has 1 saturated heterocycles. The fraction of sp³-hybridized carbons (Fsp3) is 0.321. The van der Waals surface area contributed by atoms with Gasteiger partial charge in [-0.05, 0) is 74.1 Å². The predicted molar refractivity (Wildman–Crippen MR) is 144 cm³/mol. The van der Waals surface area contributed by atoms with Crippen LogP contribution in [0.15, 0.2) is 66.9 Å². The third-order valence-corrected chi connectivity index (χ3v) is 6.80. The number of alkyl halides is 3. The Kier molecular flexibility index (Phi) is 7.80. The number of rotatable bonds is 8. The Labute approximate surface area is 224 Å². The number of amides is 1. The second kappa shape index (κ2) is 11.4. The number of carbonyl (C=O) groups is 1. The van der Waals surface area contributed by atoms with E-state index in [2.05, 4.69) is 37.6 Å². The van der Waals surface area contributed by atoms with Gasteiger partial charge >= 0.3 is 6.18 Å². The van der Waals surface area contributed by atoms with E-state index in [1.54, 1.807) is 48.7 Å². The lowest BCUT2D eigenvalue weighted by molar-refractivity contribution is -0.137. The minimum atomic E-state index is -4.44. The molecule has 2 aromatic carbocycles. The summed E-state index contributed by atoms with van der Waals surface area (Å²) in [6, 6.07) is 15.5. The van der Waals surface area contributed by atoms with Gasteiger partial charge in [0.2, 0.25) is 5.95 Å². The molecular formula is C28H30F3N7O. The molecule has 39 heavy (non-hydrogen) atoms. The van der Waals surface area contributed by atoms with Gasteiger partial charge in [-0.3, -0.25) is 4.79 Å². The first-order valence-corrected chi connectivity index (χ1v) is 12.9. The molecule has 2 N–H and O–H groups in total. The summed E-state index contributed by atoms with van der Waals surface area (Å²) in [5.41, 5.74) is 1.86. The van der Waals surface area contributed by atoms with Crippen molar-refractivity contribution in [3.05, 3.63) is 78.0 Å². The Morgan fingerprint density at radius 3 is 2.51 bits per heavy atom. The maximum Gasteiger partial charge on any atom is 0.416 e. The van der Waals surface area contributed by atoms with Crippen LogP contribution in [-0.2, 0) is 6.18 Å². The average molecular weight is 538 g/mol. The number of fused-ring (bicyclic) bond motifs is 1. The Balaban J connectivity index is 1.20. The van der Waals surface area contributed by atoms with Crippen LogP contribution in [0.1, 0.15) is 22.3 Å². The monoisotopic (exact) mass is 537 g/mol. The van der Waals surface area contributed by atoms with Crippen molar-refractivity contribution in [2.45, 2.75) is 12.6 Å². The van der Waals surface area contributed by atoms with Gasteiger partial charge in [-0.15, -0.1) is 5.10 Å². The molecule has 5 rings (SSSR count). The summed E-state index contributed by atoms with van der Waals surface area (Å²) in [5.74, 6) is 0.159. The Bertz CT molecular complexity index is 1430. The molecule has 11 heteroatoms. The molecule has 0 saturated carbocycles. The largest absolute Gasteiger partial charge is 0.416 e. The van der Waals surface area contributed by atoms with Crippen LogP contribution in [0.3, 0.4) is 0 Å². The van der Waals surface area contributed by atoms with Gasteiger partial charge in [0.25, 0.3) is 5.91 Å². The van der Waals surface area contributed by atoms with E-state index in [-0.39, 0.29) is 11.9 Å². The number of likely N-dealkylation sites (N-methyl/N-ethyl adjacent to an activating group) is 1. The van der Waals surface area contributed by atoms with Crippen molar-refractivity contribution in [2.75, 3.05) is 51.6 Å². The lowest BCUT2D eigenvalue weighted by Crippen LogP contribution is -2.45. The van der Waals surface area contributed by atoms with Crippen molar-refractivity contribution in [1.82, 2.24) is 29.7 Å². The molecule has 1 aliphatic rings. The highest BCUT2D eigenvalue weighted by atomic mass is 19.4. The number of hydrogen-bond acceptors (Lipinski definition) is 6. The van der Waals surface area contributed by atoms with E-state index in [1.807, 2.05) is 0 Å². The predicted octanol–water partition coefficient (Wildman–Crippen LogP) is 4.53. The zero-order chi connectivity index (χ0) is 27.4. The van der Waals surface area contributed by atoms with E-state index in [4.69, 9.17) is 0 Å². The highest BCUT2D eigenvalue weighted by molar-refractivity contribution is 5.94. The molecule has 4 aromatic rings. The Morgan fingerprint density at radius 1 is 1.00 bits per heavy atom. The van der Waals surface area contributed by atoms with Crippen molar-refractivity contribution in [3.63, 3.8) is 0 Å². The highest BCUT2D eigenvalue weighted by Gasteiger charge is 2.30. The number of anilines is 2. The van der Waals surface area contributed by atoms with Crippen molar-refractivity contribution < 1.29 is 18.0 Å². The number of benzene rings is 2. The van der Waals surface area contributed by atoms with E-state index in [9.17, 15) is 18.0 Å². The normalized spacial score (nSPS) is 15.0. The van der Waals surface area contributed by atoms with E-state index < -0.39 is 11.7 Å². The second-order valence-electron chi connectivity index (χ2n) is 9.66. The molecule has 1 aliphatic heterocycles. The van der Waals surface area contributed by atoms with Gasteiger partial charge < -0.3 is 20.4 Å². The summed E-state index contributed by atoms with van der Waals surface area (Å²) < 4.78 is 41.1. The molecule has 0 spiro atoms. The van der Waals surface area contributed by atoms with Crippen LogP contribution >= 0.6 is 0 Å². The molecule has 0 unspecified atom stereocenters. The standard InChI is InChI=1S/C28H30F3N7O/c1-36-15-17-37(18-16-36)13-4-12-32-26(39)20-8-10-23(11-9-20)33-27-34-25-24(7-3-14-38(25)35-27)21-5-2-6-22(19-21)28(29,30)31/h2-3,5-11,14,19H,4,12-13,15-18H2,1H3,(H,32,39)(H,33,35). The maximum absolute atomic E-state index is 13.2. The topological polar surface area (TPSA) is 77.8 Å². The van der Waals surface area contributed by atoms with Crippen LogP contribution in [0.5, 0.6) is 0 Å². The number of nitrogens with one attached hydrogen (secondary N) is 2. The van der Waals surface area contributed by atoms with Gasteiger partial charge in [0.05, 0.1) is 5.56 Å². The van der Waals surface area contributed by atoms with Crippen LogP contribution < -0.4 is 10.6 Å². The molecule has 0 bridgehead atoms. The molecule has 2 aromatic heterocycles. The Hall–Kier alpha value is -3.96. The Morgan fingerprint density at radius 2 is 1.77 bits per heavy atom. The SMILES string of the molecule is CN1CCN(CCCNC(=O)c2ccc(Nc3nc4c(-c5cccc(C(F)(F)F)c5)cccn4n3)cc2)CC1. The third-order valence-electron chi connectivity index (χ3n) is 6.80. The summed E-state index contributed by atoms with van der Waals surface area (Å²) >= 11 is 0. The molecule has 3 heterocycles. The summed E-state index contributed by atoms with van der Waals surface area (Å²) in [5, 5.41) is 10.5. The van der Waals surface area contributed by atoms with Gasteiger partial charge in [-0.1, -0.05) is 12.1 Å². The highest BCUT2D eigenvalue weighted by Crippen LogP contribution is 2.33. The second-order valence-corrected chi connectivity index (χ2v) is 9.66. The van der Waals surface area contributed by atoms with Crippen LogP contribution in [0.25, 0.3) is 16.8 Å². The quantitative estimate of drug-likeness (QED) is 0.322. The first kappa shape index (κ1) is 26.6. The lowest BCUT2D eigenvalue weighted by atomic mass is 10.0. The van der Waals surface area contributed by atoms with E-state index in [1.165, 1.54) is 10.6 Å². The first-order chi connectivity index (χ1) is 18.8. The number of pyridine rings is 1. The third kappa shape index (κ3) is 6.55. The number of hydrogen-bond donors (Lipinski definition) is 2. The van der Waals surface area contributed by atoms with Crippen molar-refractivity contribution in [1.29, 1.82) is 0 Å². The van der Waals surface area contributed by atoms with Crippen molar-refractivity contribution in [3.8, 4) is 11.1 Å². The first-order valence-electron chi connectivity index (χ1n) is 12.9. The molecule has 8 nitrogen and oxygen atoms in total. The van der Waals surface area contributed by atoms with Crippen molar-refractivity contribution >= 4 is 23.2 Å². The zero-order valence-electron chi connectivity index (χ0n) is 21.6. The zero-order valence-corrected chi connectivity index (χ0v) is 21.6. The molecule has 0 aliphatic carbocycles. The number of piperazine rings is 1. The van der Waals surface area contributed by atoms with Gasteiger partial charge in [0.1, 0.15) is 0 Å². The molecule has 1 amide bonds. The van der Waals surface area contributed by atoms with Gasteiger partial charge in [-0.25, -0.2) is 4.52 Å². The van der Waals surface area contributed by atoms with Crippen LogP contribution in [0.2, 0.25) is 0 Å². The fourth-order valence-electron chi connectivity index (χ4n) is 4.56. The van der Waals surface area contributed by atoms with Gasteiger partial charge in [0, 0.05) is 55.7 Å². The lowest BCUT2D eigenvalue weighted by Gasteiger charge is -2.32. The van der Waals surface area contributed by atoms with Crippen LogP contribution in [0.4, 0.5) is 24.8 Å². The summed E-state index contributed by atoms with van der Waals surface area (Å²) in [4.78, 5) is 21.8. The number of halogens is 3. The van der Waals surface area contributed by atoms with Crippen LogP contribution in [-0.4, -0.2) is 76.6 Å². The molecular weight excluding hydrogens is 507 g/mol. The van der Waals surface area contributed by atoms with Crippen LogP contribution in [0, 0.1) is 0 Å². The van der Waals surface area contributed by atoms with Gasteiger partial charge in [-0.2, -0.15) is 18.2 Å². The fourth-order valence-corrected chi connectivity index (χ4v) is 4.56. The minimum Gasteiger partial charge on any atom is -0.352 e. The van der Waals surface area contributed by atoms with E-state index >= 15 is 0 Å². The summed E-state index contributed by atoms with van der Waals surface area (Å²) in [6.07, 6.45) is -1.85. The van der Waals surface area contributed by atoms with E-state index in [0.717, 1.165) is 51.3 Å². The summed E-state index contributed by atoms with van der Waals surface area (Å²) in [6.45, 7) is 5.87. The van der Waals surface area contributed by atoms with E-state index in [0.29, 0.717) is 34.6 Å². The van der Waals surface area contributed by atoms with Crippen molar-refractivity contribution in [2.24, 2.45) is 0 Å². The van der Waals surface area contributed by atoms with Gasteiger partial charge in [0.15, 0.2) is 5.65 Å². The minimum absolute atomic E-state index is 0.128. The number of aromatic nitrogens is 3. The molecule has 0 atom stereocenters. The smallest absolute Gasteiger partial charge is 0.352 e. The number of carbonyl (C=O) groups excluding carboxylic acids is 1. The summed E-state index contributed by atoms with van der Waals surface area (Å²) in [7, 11) is 2.13. The molecule has 1 fully saturated rings. The molecule has 0 radical (unpaired) electrons. The number of nitrogens with zero attached hydrogens (tertiary/aromatic N) is 5. The maximum atomic E-state index is 13.2.